The third kappa shape index (κ3) is 8.80. The molecule has 202 valence electrons. The molecule has 2 heterocycles. The third-order valence-corrected chi connectivity index (χ3v) is 7.63. The summed E-state index contributed by atoms with van der Waals surface area (Å²) in [7, 11) is 1.62. The number of rotatable bonds is 16. The van der Waals surface area contributed by atoms with Crippen LogP contribution in [0.15, 0.2) is 34.2 Å². The Bertz CT molecular complexity index is 1240. The van der Waals surface area contributed by atoms with Crippen LogP contribution in [0.25, 0.3) is 20.3 Å². The molecule has 0 radical (unpaired) electrons. The van der Waals surface area contributed by atoms with Gasteiger partial charge in [0.2, 0.25) is 11.8 Å². The van der Waals surface area contributed by atoms with Gasteiger partial charge < -0.3 is 20.1 Å². The molecule has 0 aliphatic carbocycles. The van der Waals surface area contributed by atoms with Gasteiger partial charge in [-0.2, -0.15) is 0 Å². The van der Waals surface area contributed by atoms with Crippen molar-refractivity contribution in [3.63, 3.8) is 0 Å². The molecule has 1 aromatic carbocycles. The Morgan fingerprint density at radius 1 is 1.08 bits per heavy atom. The zero-order valence-electron chi connectivity index (χ0n) is 21.7. The minimum atomic E-state index is -0.138. The van der Waals surface area contributed by atoms with Crippen molar-refractivity contribution in [2.24, 2.45) is 0 Å². The van der Waals surface area contributed by atoms with Gasteiger partial charge in [-0.3, -0.25) is 19.0 Å². The summed E-state index contributed by atoms with van der Waals surface area (Å²) in [6.45, 7) is 6.57. The lowest BCUT2D eigenvalue weighted by Gasteiger charge is -2.12. The number of nitrogens with one attached hydrogen (secondary N) is 2. The maximum Gasteiger partial charge on any atom is 0.272 e. The fourth-order valence-electron chi connectivity index (χ4n) is 3.69. The summed E-state index contributed by atoms with van der Waals surface area (Å²) >= 11 is 2.66. The first-order chi connectivity index (χ1) is 17.9. The summed E-state index contributed by atoms with van der Waals surface area (Å²) in [6.07, 6.45) is 2.45. The molecule has 9 nitrogen and oxygen atoms in total. The topological polar surface area (TPSA) is 112 Å². The Hall–Kier alpha value is -2.47. The average molecular weight is 549 g/mol. The van der Waals surface area contributed by atoms with Crippen LogP contribution in [0.3, 0.4) is 0 Å². The van der Waals surface area contributed by atoms with Crippen molar-refractivity contribution in [1.29, 1.82) is 0 Å². The molecular formula is C26H36N4O5S2. The standard InChI is InChI=1S/C26H36N4O5S2/c1-18(2)35-16-8-13-27-21(31)11-6-14-30-25(33)24-23(19-9-4-5-10-20(19)37-24)29-26(30)36-17-22(32)28-12-7-15-34-3/h4-5,9-10,18H,6-8,11-17H2,1-3H3,(H,27,31)(H,28,32). The molecule has 0 saturated heterocycles. The van der Waals surface area contributed by atoms with Crippen LogP contribution in [0.5, 0.6) is 0 Å². The van der Waals surface area contributed by atoms with E-state index in [2.05, 4.69) is 10.6 Å². The summed E-state index contributed by atoms with van der Waals surface area (Å²) < 4.78 is 13.7. The van der Waals surface area contributed by atoms with Crippen LogP contribution in [0.4, 0.5) is 0 Å². The second kappa shape index (κ2) is 15.1. The SMILES string of the molecule is COCCCNC(=O)CSc1nc2c(sc3ccccc32)c(=O)n1CCCC(=O)NCCCOC(C)C. The largest absolute Gasteiger partial charge is 0.385 e. The quantitative estimate of drug-likeness (QED) is 0.160. The number of thioether (sulfide) groups is 1. The highest BCUT2D eigenvalue weighted by molar-refractivity contribution is 7.99. The summed E-state index contributed by atoms with van der Waals surface area (Å²) in [5.41, 5.74) is 0.520. The van der Waals surface area contributed by atoms with Crippen molar-refractivity contribution in [1.82, 2.24) is 20.2 Å². The molecule has 3 rings (SSSR count). The van der Waals surface area contributed by atoms with Gasteiger partial charge in [-0.05, 0) is 39.2 Å². The number of thiophene rings is 1. The van der Waals surface area contributed by atoms with E-state index in [1.54, 1.807) is 11.7 Å². The maximum absolute atomic E-state index is 13.5. The number of methoxy groups -OCH3 is 1. The van der Waals surface area contributed by atoms with E-state index < -0.39 is 0 Å². The normalized spacial score (nSPS) is 11.5. The highest BCUT2D eigenvalue weighted by Crippen LogP contribution is 2.31. The van der Waals surface area contributed by atoms with Crippen LogP contribution < -0.4 is 16.2 Å². The first-order valence-electron chi connectivity index (χ1n) is 12.6. The summed E-state index contributed by atoms with van der Waals surface area (Å²) in [6, 6.07) is 7.80. The molecule has 0 bridgehead atoms. The second-order valence-corrected chi connectivity index (χ2v) is 10.8. The van der Waals surface area contributed by atoms with Gasteiger partial charge in [-0.1, -0.05) is 30.0 Å². The predicted molar refractivity (Wildman–Crippen MR) is 150 cm³/mol. The monoisotopic (exact) mass is 548 g/mol. The molecule has 0 aliphatic rings. The molecule has 2 amide bonds. The van der Waals surface area contributed by atoms with Gasteiger partial charge in [-0.15, -0.1) is 11.3 Å². The molecule has 0 spiro atoms. The van der Waals surface area contributed by atoms with Crippen molar-refractivity contribution in [2.75, 3.05) is 39.2 Å². The van der Waals surface area contributed by atoms with Crippen molar-refractivity contribution in [2.45, 2.75) is 57.3 Å². The lowest BCUT2D eigenvalue weighted by Crippen LogP contribution is -2.28. The predicted octanol–water partition coefficient (Wildman–Crippen LogP) is 3.57. The number of aromatic nitrogens is 2. The lowest BCUT2D eigenvalue weighted by molar-refractivity contribution is -0.121. The van der Waals surface area contributed by atoms with Gasteiger partial charge in [0.05, 0.1) is 17.4 Å². The number of fused-ring (bicyclic) bond motifs is 3. The van der Waals surface area contributed by atoms with E-state index in [0.717, 1.165) is 22.9 Å². The molecule has 0 saturated carbocycles. The van der Waals surface area contributed by atoms with Gasteiger partial charge in [0.15, 0.2) is 5.16 Å². The second-order valence-electron chi connectivity index (χ2n) is 8.84. The maximum atomic E-state index is 13.5. The Morgan fingerprint density at radius 3 is 2.57 bits per heavy atom. The first kappa shape index (κ1) is 29.1. The van der Waals surface area contributed by atoms with E-state index in [0.29, 0.717) is 61.1 Å². The van der Waals surface area contributed by atoms with E-state index in [4.69, 9.17) is 14.5 Å². The molecule has 0 aliphatic heterocycles. The Morgan fingerprint density at radius 2 is 1.81 bits per heavy atom. The zero-order valence-corrected chi connectivity index (χ0v) is 23.3. The molecular weight excluding hydrogens is 512 g/mol. The summed E-state index contributed by atoms with van der Waals surface area (Å²) in [5, 5.41) is 7.18. The van der Waals surface area contributed by atoms with Crippen LogP contribution in [-0.4, -0.2) is 66.6 Å². The van der Waals surface area contributed by atoms with Crippen molar-refractivity contribution < 1.29 is 19.1 Å². The van der Waals surface area contributed by atoms with Crippen LogP contribution in [0, 0.1) is 0 Å². The highest BCUT2D eigenvalue weighted by Gasteiger charge is 2.17. The van der Waals surface area contributed by atoms with E-state index in [1.165, 1.54) is 23.1 Å². The van der Waals surface area contributed by atoms with Gasteiger partial charge in [-0.25, -0.2) is 4.98 Å². The van der Waals surface area contributed by atoms with E-state index in [9.17, 15) is 14.4 Å². The highest BCUT2D eigenvalue weighted by atomic mass is 32.2. The van der Waals surface area contributed by atoms with Gasteiger partial charge in [0.25, 0.3) is 5.56 Å². The number of hydrogen-bond acceptors (Lipinski definition) is 8. The van der Waals surface area contributed by atoms with E-state index in [-0.39, 0.29) is 29.2 Å². The molecule has 0 unspecified atom stereocenters. The lowest BCUT2D eigenvalue weighted by atomic mass is 10.2. The van der Waals surface area contributed by atoms with Crippen molar-refractivity contribution >= 4 is 55.2 Å². The van der Waals surface area contributed by atoms with Crippen LogP contribution in [-0.2, 0) is 25.6 Å². The number of amides is 2. The summed E-state index contributed by atoms with van der Waals surface area (Å²) in [4.78, 5) is 42.9. The number of benzene rings is 1. The smallest absolute Gasteiger partial charge is 0.272 e. The van der Waals surface area contributed by atoms with Gasteiger partial charge >= 0.3 is 0 Å². The van der Waals surface area contributed by atoms with E-state index in [1.807, 2.05) is 38.1 Å². The van der Waals surface area contributed by atoms with Crippen LogP contribution in [0.2, 0.25) is 0 Å². The molecule has 0 atom stereocenters. The minimum absolute atomic E-state index is 0.0573. The Balaban J connectivity index is 1.68. The van der Waals surface area contributed by atoms with Gasteiger partial charge in [0.1, 0.15) is 4.70 Å². The number of carbonyl (C=O) groups is 2. The molecule has 2 aromatic heterocycles. The minimum Gasteiger partial charge on any atom is -0.385 e. The Labute approximate surface area is 225 Å². The van der Waals surface area contributed by atoms with E-state index >= 15 is 0 Å². The molecule has 37 heavy (non-hydrogen) atoms. The molecule has 2 N–H and O–H groups in total. The first-order valence-corrected chi connectivity index (χ1v) is 14.4. The fourth-order valence-corrected chi connectivity index (χ4v) is 5.63. The fraction of sp³-hybridized carbons (Fsp3) is 0.538. The third-order valence-electron chi connectivity index (χ3n) is 5.51. The van der Waals surface area contributed by atoms with Crippen molar-refractivity contribution in [3.8, 4) is 0 Å². The number of hydrogen-bond donors (Lipinski definition) is 2. The molecule has 11 heteroatoms. The van der Waals surface area contributed by atoms with Gasteiger partial charge in [0, 0.05) is 56.5 Å². The van der Waals surface area contributed by atoms with Crippen molar-refractivity contribution in [3.05, 3.63) is 34.6 Å². The Kier molecular flexibility index (Phi) is 11.8. The summed E-state index contributed by atoms with van der Waals surface area (Å²) in [5.74, 6) is -0.0394. The van der Waals surface area contributed by atoms with Crippen LogP contribution >= 0.6 is 23.1 Å². The number of carbonyl (C=O) groups excluding carboxylic acids is 2. The molecule has 3 aromatic rings. The number of ether oxygens (including phenoxy) is 2. The molecule has 0 fully saturated rings. The number of nitrogens with zero attached hydrogens (tertiary/aromatic N) is 2. The zero-order chi connectivity index (χ0) is 26.6. The van der Waals surface area contributed by atoms with Crippen LogP contribution in [0.1, 0.15) is 39.5 Å². The average Bonchev–Trinajstić information content (AvgIpc) is 3.25.